The lowest BCUT2D eigenvalue weighted by atomic mass is 10.2. The monoisotopic (exact) mass is 241 g/mol. The zero-order valence-corrected chi connectivity index (χ0v) is 11.6. The number of carbonyl (C=O) groups excluding carboxylic acids is 1. The van der Waals surface area contributed by atoms with Gasteiger partial charge in [-0.2, -0.15) is 0 Å². The van der Waals surface area contributed by atoms with Crippen LogP contribution in [0.4, 0.5) is 0 Å². The van der Waals surface area contributed by atoms with Crippen LogP contribution in [-0.2, 0) is 4.79 Å². The van der Waals surface area contributed by atoms with Gasteiger partial charge in [-0.15, -0.1) is 0 Å². The molecule has 0 aromatic heterocycles. The van der Waals surface area contributed by atoms with Crippen LogP contribution >= 0.6 is 0 Å². The van der Waals surface area contributed by atoms with Crippen LogP contribution in [0.5, 0.6) is 0 Å². The molecule has 0 bridgehead atoms. The van der Waals surface area contributed by atoms with Crippen LogP contribution in [0.3, 0.4) is 0 Å². The molecule has 100 valence electrons. The van der Waals surface area contributed by atoms with Crippen molar-refractivity contribution in [1.29, 1.82) is 0 Å². The largest absolute Gasteiger partial charge is 0.355 e. The van der Waals surface area contributed by atoms with Gasteiger partial charge in [0.15, 0.2) is 0 Å². The molecule has 1 unspecified atom stereocenters. The van der Waals surface area contributed by atoms with Gasteiger partial charge in [-0.25, -0.2) is 0 Å². The van der Waals surface area contributed by atoms with Gasteiger partial charge in [0, 0.05) is 37.6 Å². The molecule has 0 aromatic carbocycles. The van der Waals surface area contributed by atoms with Gasteiger partial charge in [0.25, 0.3) is 0 Å². The molecule has 1 saturated heterocycles. The molecule has 1 atom stereocenters. The Kier molecular flexibility index (Phi) is 5.92. The highest BCUT2D eigenvalue weighted by Crippen LogP contribution is 2.11. The van der Waals surface area contributed by atoms with Gasteiger partial charge in [-0.3, -0.25) is 9.69 Å². The predicted octanol–water partition coefficient (Wildman–Crippen LogP) is 0.831. The van der Waals surface area contributed by atoms with E-state index in [9.17, 15) is 4.79 Å². The van der Waals surface area contributed by atoms with Crippen molar-refractivity contribution in [2.75, 3.05) is 26.2 Å². The number of rotatable bonds is 6. The van der Waals surface area contributed by atoms with Gasteiger partial charge >= 0.3 is 0 Å². The minimum absolute atomic E-state index is 0.0814. The molecule has 0 radical (unpaired) electrons. The lowest BCUT2D eigenvalue weighted by molar-refractivity contribution is -0.123. The summed E-state index contributed by atoms with van der Waals surface area (Å²) in [6.07, 6.45) is 1.22. The van der Waals surface area contributed by atoms with Gasteiger partial charge in [0.1, 0.15) is 0 Å². The van der Waals surface area contributed by atoms with Gasteiger partial charge < -0.3 is 10.6 Å². The standard InChI is InChI=1S/C13H27N3O/c1-10(2)13(17)15-7-6-14-12-5-8-16(9-12)11(3)4/h10-12,14H,5-9H2,1-4H3,(H,15,17). The SMILES string of the molecule is CC(C)C(=O)NCCNC1CCN(C(C)C)C1. The second-order valence-corrected chi connectivity index (χ2v) is 5.47. The molecule has 1 fully saturated rings. The summed E-state index contributed by atoms with van der Waals surface area (Å²) < 4.78 is 0. The molecule has 17 heavy (non-hydrogen) atoms. The molecule has 1 amide bonds. The Morgan fingerprint density at radius 1 is 1.29 bits per heavy atom. The summed E-state index contributed by atoms with van der Waals surface area (Å²) in [7, 11) is 0. The van der Waals surface area contributed by atoms with E-state index in [0.29, 0.717) is 12.1 Å². The highest BCUT2D eigenvalue weighted by Gasteiger charge is 2.23. The maximum atomic E-state index is 11.3. The van der Waals surface area contributed by atoms with E-state index in [4.69, 9.17) is 0 Å². The minimum Gasteiger partial charge on any atom is -0.355 e. The zero-order chi connectivity index (χ0) is 12.8. The van der Waals surface area contributed by atoms with Crippen molar-refractivity contribution in [3.63, 3.8) is 0 Å². The first-order valence-electron chi connectivity index (χ1n) is 6.76. The number of hydrogen-bond acceptors (Lipinski definition) is 3. The van der Waals surface area contributed by atoms with E-state index in [1.165, 1.54) is 13.0 Å². The van der Waals surface area contributed by atoms with Crippen molar-refractivity contribution in [3.8, 4) is 0 Å². The Hall–Kier alpha value is -0.610. The van der Waals surface area contributed by atoms with Crippen LogP contribution in [0.25, 0.3) is 0 Å². The molecular weight excluding hydrogens is 214 g/mol. The van der Waals surface area contributed by atoms with E-state index in [2.05, 4.69) is 29.4 Å². The Labute approximate surface area is 105 Å². The highest BCUT2D eigenvalue weighted by molar-refractivity contribution is 5.77. The highest BCUT2D eigenvalue weighted by atomic mass is 16.1. The molecule has 4 nitrogen and oxygen atoms in total. The Bertz CT molecular complexity index is 241. The third-order valence-electron chi connectivity index (χ3n) is 3.33. The summed E-state index contributed by atoms with van der Waals surface area (Å²) in [6, 6.07) is 1.23. The molecule has 0 spiro atoms. The van der Waals surface area contributed by atoms with Crippen LogP contribution in [0.15, 0.2) is 0 Å². The summed E-state index contributed by atoms with van der Waals surface area (Å²) in [5, 5.41) is 6.43. The molecule has 0 aromatic rings. The maximum absolute atomic E-state index is 11.3. The molecule has 0 aliphatic carbocycles. The second-order valence-electron chi connectivity index (χ2n) is 5.47. The van der Waals surface area contributed by atoms with Crippen LogP contribution < -0.4 is 10.6 Å². The van der Waals surface area contributed by atoms with Crippen LogP contribution in [0.2, 0.25) is 0 Å². The third kappa shape index (κ3) is 5.04. The number of likely N-dealkylation sites (tertiary alicyclic amines) is 1. The fraction of sp³-hybridized carbons (Fsp3) is 0.923. The summed E-state index contributed by atoms with van der Waals surface area (Å²) in [6.45, 7) is 12.2. The number of nitrogens with one attached hydrogen (secondary N) is 2. The molecular formula is C13H27N3O. The average Bonchev–Trinajstić information content (AvgIpc) is 2.72. The van der Waals surface area contributed by atoms with E-state index in [1.54, 1.807) is 0 Å². The van der Waals surface area contributed by atoms with E-state index in [-0.39, 0.29) is 11.8 Å². The lowest BCUT2D eigenvalue weighted by Gasteiger charge is -2.20. The summed E-state index contributed by atoms with van der Waals surface area (Å²) in [5.74, 6) is 0.222. The van der Waals surface area contributed by atoms with Gasteiger partial charge in [-0.05, 0) is 26.8 Å². The van der Waals surface area contributed by atoms with E-state index in [1.807, 2.05) is 13.8 Å². The third-order valence-corrected chi connectivity index (χ3v) is 3.33. The van der Waals surface area contributed by atoms with Gasteiger partial charge in [0.05, 0.1) is 0 Å². The van der Waals surface area contributed by atoms with Crippen molar-refractivity contribution >= 4 is 5.91 Å². The number of carbonyl (C=O) groups is 1. The summed E-state index contributed by atoms with van der Waals surface area (Å²) >= 11 is 0. The molecule has 0 saturated carbocycles. The lowest BCUT2D eigenvalue weighted by Crippen LogP contribution is -2.40. The number of hydrogen-bond donors (Lipinski definition) is 2. The van der Waals surface area contributed by atoms with Crippen molar-refractivity contribution < 1.29 is 4.79 Å². The quantitative estimate of drug-likeness (QED) is 0.677. The van der Waals surface area contributed by atoms with Crippen molar-refractivity contribution in [3.05, 3.63) is 0 Å². The van der Waals surface area contributed by atoms with E-state index in [0.717, 1.165) is 19.6 Å². The van der Waals surface area contributed by atoms with Crippen molar-refractivity contribution in [2.24, 2.45) is 5.92 Å². The van der Waals surface area contributed by atoms with E-state index < -0.39 is 0 Å². The molecule has 4 heteroatoms. The van der Waals surface area contributed by atoms with Crippen molar-refractivity contribution in [2.45, 2.75) is 46.2 Å². The average molecular weight is 241 g/mol. The molecule has 1 aliphatic heterocycles. The fourth-order valence-corrected chi connectivity index (χ4v) is 2.09. The summed E-state index contributed by atoms with van der Waals surface area (Å²) in [5.41, 5.74) is 0. The predicted molar refractivity (Wildman–Crippen MR) is 71.0 cm³/mol. The van der Waals surface area contributed by atoms with Gasteiger partial charge in [0.2, 0.25) is 5.91 Å². The van der Waals surface area contributed by atoms with Gasteiger partial charge in [-0.1, -0.05) is 13.8 Å². The fourth-order valence-electron chi connectivity index (χ4n) is 2.09. The first-order valence-corrected chi connectivity index (χ1v) is 6.76. The molecule has 1 heterocycles. The Balaban J connectivity index is 2.06. The summed E-state index contributed by atoms with van der Waals surface area (Å²) in [4.78, 5) is 13.8. The zero-order valence-electron chi connectivity index (χ0n) is 11.6. The Morgan fingerprint density at radius 2 is 2.00 bits per heavy atom. The molecule has 1 aliphatic rings. The minimum atomic E-state index is 0.0814. The van der Waals surface area contributed by atoms with Crippen LogP contribution in [0.1, 0.15) is 34.1 Å². The first kappa shape index (κ1) is 14.5. The molecule has 1 rings (SSSR count). The Morgan fingerprint density at radius 3 is 2.53 bits per heavy atom. The van der Waals surface area contributed by atoms with E-state index >= 15 is 0 Å². The first-order chi connectivity index (χ1) is 8.00. The molecule has 2 N–H and O–H groups in total. The topological polar surface area (TPSA) is 44.4 Å². The van der Waals surface area contributed by atoms with Crippen LogP contribution in [0, 0.1) is 5.92 Å². The number of nitrogens with zero attached hydrogens (tertiary/aromatic N) is 1. The normalized spacial score (nSPS) is 21.4. The second kappa shape index (κ2) is 6.97. The van der Waals surface area contributed by atoms with Crippen molar-refractivity contribution in [1.82, 2.24) is 15.5 Å². The maximum Gasteiger partial charge on any atom is 0.222 e. The number of amides is 1. The van der Waals surface area contributed by atoms with Crippen LogP contribution in [-0.4, -0.2) is 49.1 Å². The smallest absolute Gasteiger partial charge is 0.222 e.